The van der Waals surface area contributed by atoms with Gasteiger partial charge in [-0.05, 0) is 51.1 Å². The molecule has 3 aromatic rings. The number of benzene rings is 1. The molecule has 3 rings (SSSR count). The number of ether oxygens (including phenoxy) is 2. The Morgan fingerprint density at radius 1 is 1.31 bits per heavy atom. The molecule has 0 aliphatic rings. The second kappa shape index (κ2) is 8.75. The summed E-state index contributed by atoms with van der Waals surface area (Å²) in [6, 6.07) is 7.74. The van der Waals surface area contributed by atoms with Crippen LogP contribution in [-0.2, 0) is 11.3 Å². The van der Waals surface area contributed by atoms with E-state index >= 15 is 0 Å². The minimum Gasteiger partial charge on any atom is -0.497 e. The fourth-order valence-electron chi connectivity index (χ4n) is 3.11. The Labute approximate surface area is 173 Å². The van der Waals surface area contributed by atoms with Gasteiger partial charge in [0.15, 0.2) is 0 Å². The predicted octanol–water partition coefficient (Wildman–Crippen LogP) is 3.67. The van der Waals surface area contributed by atoms with Crippen LogP contribution in [0.25, 0.3) is 10.2 Å². The second-order valence-electron chi connectivity index (χ2n) is 6.85. The van der Waals surface area contributed by atoms with Crippen LogP contribution < -0.4 is 10.3 Å². The minimum absolute atomic E-state index is 0.123. The van der Waals surface area contributed by atoms with Crippen LogP contribution >= 0.6 is 11.3 Å². The number of fused-ring (bicyclic) bond motifs is 1. The molecule has 0 saturated carbocycles. The van der Waals surface area contributed by atoms with Crippen LogP contribution in [0.1, 0.15) is 46.5 Å². The number of methoxy groups -OCH3 is 1. The lowest BCUT2D eigenvalue weighted by Crippen LogP contribution is -2.25. The van der Waals surface area contributed by atoms with Crippen molar-refractivity contribution in [1.82, 2.24) is 14.9 Å². The van der Waals surface area contributed by atoms with E-state index in [4.69, 9.17) is 9.47 Å². The molecule has 0 amide bonds. The number of nitrogens with zero attached hydrogens (tertiary/aromatic N) is 2. The normalized spacial score (nSPS) is 12.3. The largest absolute Gasteiger partial charge is 0.497 e. The average Bonchev–Trinajstić information content (AvgIpc) is 3.05. The van der Waals surface area contributed by atoms with E-state index in [1.807, 2.05) is 38.2 Å². The van der Waals surface area contributed by atoms with Crippen molar-refractivity contribution in [2.45, 2.75) is 33.4 Å². The van der Waals surface area contributed by atoms with E-state index in [2.05, 4.69) is 14.9 Å². The van der Waals surface area contributed by atoms with E-state index in [1.54, 1.807) is 21.0 Å². The lowest BCUT2D eigenvalue weighted by atomic mass is 10.1. The molecule has 0 aliphatic heterocycles. The third-order valence-electron chi connectivity index (χ3n) is 4.93. The van der Waals surface area contributed by atoms with Crippen molar-refractivity contribution in [1.29, 1.82) is 0 Å². The maximum absolute atomic E-state index is 12.7. The molecule has 7 nitrogen and oxygen atoms in total. The van der Waals surface area contributed by atoms with Crippen molar-refractivity contribution < 1.29 is 14.3 Å². The highest BCUT2D eigenvalue weighted by Crippen LogP contribution is 2.29. The molecule has 1 atom stereocenters. The summed E-state index contributed by atoms with van der Waals surface area (Å²) in [5.74, 6) is 0.958. The average molecular weight is 416 g/mol. The van der Waals surface area contributed by atoms with E-state index in [9.17, 15) is 9.59 Å². The molecule has 0 saturated heterocycles. The number of aryl methyl sites for hydroxylation is 1. The van der Waals surface area contributed by atoms with Gasteiger partial charge in [0.2, 0.25) is 0 Å². The molecular formula is C21H25N3O4S. The van der Waals surface area contributed by atoms with Crippen molar-refractivity contribution in [3.8, 4) is 5.75 Å². The molecule has 0 radical (unpaired) electrons. The fraction of sp³-hybridized carbons (Fsp3) is 0.381. The molecule has 8 heteroatoms. The van der Waals surface area contributed by atoms with E-state index in [1.165, 1.54) is 11.3 Å². The molecule has 0 bridgehead atoms. The Balaban J connectivity index is 1.88. The maximum atomic E-state index is 12.7. The van der Waals surface area contributed by atoms with Crippen molar-refractivity contribution in [2.75, 3.05) is 20.8 Å². The number of esters is 1. The first-order valence-corrected chi connectivity index (χ1v) is 10.2. The van der Waals surface area contributed by atoms with Crippen LogP contribution in [0.2, 0.25) is 0 Å². The summed E-state index contributed by atoms with van der Waals surface area (Å²) in [6.45, 7) is 6.46. The number of hydrogen-bond donors (Lipinski definition) is 1. The van der Waals surface area contributed by atoms with E-state index in [0.29, 0.717) is 33.0 Å². The zero-order valence-corrected chi connectivity index (χ0v) is 18.1. The third-order valence-corrected chi connectivity index (χ3v) is 6.09. The molecule has 154 valence electrons. The summed E-state index contributed by atoms with van der Waals surface area (Å²) < 4.78 is 10.3. The number of carbonyl (C=O) groups excluding carboxylic acids is 1. The molecule has 1 N–H and O–H groups in total. The van der Waals surface area contributed by atoms with Crippen LogP contribution in [0.5, 0.6) is 5.75 Å². The third kappa shape index (κ3) is 4.33. The number of thiophene rings is 1. The zero-order chi connectivity index (χ0) is 21.1. The SMILES string of the molecule is CCOC(=O)c1sc2nc(C(C)N(C)Cc3ccc(OC)cc3)[nH]c(=O)c2c1C. The van der Waals surface area contributed by atoms with Gasteiger partial charge in [0.1, 0.15) is 21.3 Å². The van der Waals surface area contributed by atoms with Gasteiger partial charge in [0.05, 0.1) is 25.1 Å². The zero-order valence-electron chi connectivity index (χ0n) is 17.2. The number of aromatic nitrogens is 2. The monoisotopic (exact) mass is 415 g/mol. The molecule has 0 aliphatic carbocycles. The van der Waals surface area contributed by atoms with Gasteiger partial charge in [-0.1, -0.05) is 12.1 Å². The van der Waals surface area contributed by atoms with Crippen LogP contribution in [0.15, 0.2) is 29.1 Å². The fourth-order valence-corrected chi connectivity index (χ4v) is 4.20. The van der Waals surface area contributed by atoms with Gasteiger partial charge in [0, 0.05) is 6.54 Å². The molecule has 0 fully saturated rings. The van der Waals surface area contributed by atoms with Crippen LogP contribution in [0, 0.1) is 6.92 Å². The molecule has 0 spiro atoms. The lowest BCUT2D eigenvalue weighted by molar-refractivity contribution is 0.0531. The Morgan fingerprint density at radius 2 is 2.00 bits per heavy atom. The number of carbonyl (C=O) groups is 1. The van der Waals surface area contributed by atoms with Gasteiger partial charge in [-0.15, -0.1) is 11.3 Å². The van der Waals surface area contributed by atoms with E-state index in [-0.39, 0.29) is 18.2 Å². The van der Waals surface area contributed by atoms with E-state index in [0.717, 1.165) is 11.3 Å². The van der Waals surface area contributed by atoms with Crippen molar-refractivity contribution in [2.24, 2.45) is 0 Å². The van der Waals surface area contributed by atoms with Gasteiger partial charge >= 0.3 is 5.97 Å². The van der Waals surface area contributed by atoms with Crippen LogP contribution in [0.3, 0.4) is 0 Å². The molecule has 29 heavy (non-hydrogen) atoms. The topological polar surface area (TPSA) is 84.5 Å². The van der Waals surface area contributed by atoms with Crippen LogP contribution in [-0.4, -0.2) is 41.6 Å². The maximum Gasteiger partial charge on any atom is 0.348 e. The Morgan fingerprint density at radius 3 is 2.62 bits per heavy atom. The second-order valence-corrected chi connectivity index (χ2v) is 7.85. The first-order chi connectivity index (χ1) is 13.8. The van der Waals surface area contributed by atoms with Crippen molar-refractivity contribution in [3.05, 3.63) is 56.4 Å². The molecule has 2 aromatic heterocycles. The Hall–Kier alpha value is -2.71. The van der Waals surface area contributed by atoms with E-state index < -0.39 is 5.97 Å². The van der Waals surface area contributed by atoms with Gasteiger partial charge < -0.3 is 14.5 Å². The number of hydrogen-bond acceptors (Lipinski definition) is 7. The molecule has 2 heterocycles. The summed E-state index contributed by atoms with van der Waals surface area (Å²) in [6.07, 6.45) is 0. The predicted molar refractivity (Wildman–Crippen MR) is 114 cm³/mol. The Bertz CT molecular complexity index is 1070. The summed E-state index contributed by atoms with van der Waals surface area (Å²) in [5.41, 5.74) is 1.50. The minimum atomic E-state index is -0.418. The van der Waals surface area contributed by atoms with Gasteiger partial charge in [-0.25, -0.2) is 9.78 Å². The van der Waals surface area contributed by atoms with Crippen molar-refractivity contribution in [3.63, 3.8) is 0 Å². The molecular weight excluding hydrogens is 390 g/mol. The highest BCUT2D eigenvalue weighted by atomic mass is 32.1. The highest BCUT2D eigenvalue weighted by molar-refractivity contribution is 7.20. The number of aromatic amines is 1. The lowest BCUT2D eigenvalue weighted by Gasteiger charge is -2.24. The summed E-state index contributed by atoms with van der Waals surface area (Å²) in [7, 11) is 3.61. The van der Waals surface area contributed by atoms with Gasteiger partial charge in [-0.3, -0.25) is 9.69 Å². The molecule has 1 unspecified atom stereocenters. The summed E-state index contributed by atoms with van der Waals surface area (Å²) in [5, 5.41) is 0.451. The number of H-pyrrole nitrogens is 1. The summed E-state index contributed by atoms with van der Waals surface area (Å²) >= 11 is 1.20. The van der Waals surface area contributed by atoms with Crippen molar-refractivity contribution >= 4 is 27.5 Å². The first kappa shape index (κ1) is 21.0. The number of rotatable bonds is 7. The van der Waals surface area contributed by atoms with Gasteiger partial charge in [-0.2, -0.15) is 0 Å². The smallest absolute Gasteiger partial charge is 0.348 e. The van der Waals surface area contributed by atoms with Crippen LogP contribution in [0.4, 0.5) is 0 Å². The Kier molecular flexibility index (Phi) is 6.34. The standard InChI is InChI=1S/C21H25N3O4S/c1-6-28-21(26)17-12(2)16-19(25)22-18(23-20(16)29-17)13(3)24(4)11-14-7-9-15(27-5)10-8-14/h7-10,13H,6,11H2,1-5H3,(H,22,23,25). The van der Waals surface area contributed by atoms with Gasteiger partial charge in [0.25, 0.3) is 5.56 Å². The molecule has 1 aromatic carbocycles. The quantitative estimate of drug-likeness (QED) is 0.593. The summed E-state index contributed by atoms with van der Waals surface area (Å²) in [4.78, 5) is 35.5. The highest BCUT2D eigenvalue weighted by Gasteiger charge is 2.22. The number of nitrogens with one attached hydrogen (secondary N) is 1. The first-order valence-electron chi connectivity index (χ1n) is 9.39.